The zero-order valence-corrected chi connectivity index (χ0v) is 54.9. The van der Waals surface area contributed by atoms with Crippen molar-refractivity contribution in [3.05, 3.63) is 285 Å². The van der Waals surface area contributed by atoms with Crippen LogP contribution in [-0.4, -0.2) is 43.1 Å². The Morgan fingerprint density at radius 1 is 0.212 bits per heavy atom. The molecule has 104 heavy (non-hydrogen) atoms. The lowest BCUT2D eigenvalue weighted by Crippen LogP contribution is -1.89. The third-order valence-corrected chi connectivity index (χ3v) is 22.1. The minimum atomic E-state index is 0.868. The van der Waals surface area contributed by atoms with Crippen LogP contribution in [0.4, 0.5) is 0 Å². The number of aromatic nitrogens is 9. The Kier molecular flexibility index (Phi) is 10.4. The molecule has 15 aromatic carbocycles. The second-order valence-electron chi connectivity index (χ2n) is 27.5. The van der Waals surface area contributed by atoms with E-state index >= 15 is 0 Å². The zero-order chi connectivity index (χ0) is 67.3. The lowest BCUT2D eigenvalue weighted by Gasteiger charge is -2.03. The van der Waals surface area contributed by atoms with Crippen LogP contribution >= 0.6 is 0 Å². The van der Waals surface area contributed by atoms with Gasteiger partial charge in [-0.15, -0.1) is 0 Å². The summed E-state index contributed by atoms with van der Waals surface area (Å²) in [6.45, 7) is 0. The van der Waals surface area contributed by atoms with Crippen LogP contribution in [0, 0.1) is 0 Å². The van der Waals surface area contributed by atoms with E-state index in [2.05, 4.69) is 195 Å². The largest absolute Gasteiger partial charge is 0.456 e. The second-order valence-corrected chi connectivity index (χ2v) is 27.5. The van der Waals surface area contributed by atoms with E-state index in [1.165, 1.54) is 75.8 Å². The maximum absolute atomic E-state index is 6.66. The average Bonchev–Trinajstić information content (AvgIpc) is 1.53. The molecule has 0 bridgehead atoms. The SMILES string of the molecule is c1ccc(-c2ccc3c(c2)oc2c3ccc3c4cccc5c6nc7ccccc7nc6n(c45)c32)cc1.c1ccc2c(c1)cc1c3c4c(ccc3n3c5nc6ccccc6nc5c2c13)oc1ccccc14.c1ccc2c(c1)cc1c3nc4ccccc4nc3n3c4cc5oc6ccccc6c5cc4c2c13. The van der Waals surface area contributed by atoms with Crippen LogP contribution in [0.1, 0.15) is 0 Å². The third-order valence-electron chi connectivity index (χ3n) is 22.1. The number of para-hydroxylation sites is 9. The topological polar surface area (TPSA) is 130 Å². The quantitative estimate of drug-likeness (QED) is 0.158. The molecule has 27 aromatic rings. The highest BCUT2D eigenvalue weighted by Crippen LogP contribution is 2.49. The van der Waals surface area contributed by atoms with Crippen molar-refractivity contribution >= 4 is 236 Å². The normalized spacial score (nSPS) is 12.6. The van der Waals surface area contributed by atoms with Crippen LogP contribution in [0.2, 0.25) is 0 Å². The molecule has 12 heterocycles. The van der Waals surface area contributed by atoms with Gasteiger partial charge in [0.1, 0.15) is 44.5 Å². The fraction of sp³-hybridized carbons (Fsp3) is 0. The summed E-state index contributed by atoms with van der Waals surface area (Å²) in [6.07, 6.45) is 0. The Morgan fingerprint density at radius 2 is 0.712 bits per heavy atom. The molecule has 0 aliphatic rings. The van der Waals surface area contributed by atoms with Crippen LogP contribution in [0.3, 0.4) is 0 Å². The van der Waals surface area contributed by atoms with Gasteiger partial charge in [0.2, 0.25) is 0 Å². The van der Waals surface area contributed by atoms with Crippen LogP contribution in [0.25, 0.3) is 247 Å². The van der Waals surface area contributed by atoms with Crippen molar-refractivity contribution < 1.29 is 13.3 Å². The highest BCUT2D eigenvalue weighted by Gasteiger charge is 2.28. The first-order chi connectivity index (χ1) is 51.6. The molecular formula is C92H47N9O3. The van der Waals surface area contributed by atoms with Crippen LogP contribution in [-0.2, 0) is 0 Å². The van der Waals surface area contributed by atoms with E-state index in [1.807, 2.05) is 103 Å². The summed E-state index contributed by atoms with van der Waals surface area (Å²) >= 11 is 0. The number of benzene rings is 15. The first-order valence-corrected chi connectivity index (χ1v) is 35.0. The predicted octanol–water partition coefficient (Wildman–Crippen LogP) is 24.0. The number of rotatable bonds is 1. The van der Waals surface area contributed by atoms with Gasteiger partial charge in [-0.2, -0.15) is 0 Å². The monoisotopic (exact) mass is 1330 g/mol. The molecule has 0 saturated carbocycles. The van der Waals surface area contributed by atoms with E-state index in [0.29, 0.717) is 0 Å². The predicted molar refractivity (Wildman–Crippen MR) is 425 cm³/mol. The average molecular weight is 1330 g/mol. The molecule has 0 N–H and O–H groups in total. The fourth-order valence-electron chi connectivity index (χ4n) is 17.7. The summed E-state index contributed by atoms with van der Waals surface area (Å²) in [6, 6.07) is 99.1. The van der Waals surface area contributed by atoms with Crippen molar-refractivity contribution in [3.8, 4) is 11.1 Å². The Morgan fingerprint density at radius 3 is 1.44 bits per heavy atom. The molecule has 0 atom stereocenters. The van der Waals surface area contributed by atoms with Gasteiger partial charge in [-0.3, -0.25) is 13.2 Å². The molecular weight excluding hydrogens is 1280 g/mol. The smallest absolute Gasteiger partial charge is 0.165 e. The lowest BCUT2D eigenvalue weighted by atomic mass is 10.00. The van der Waals surface area contributed by atoms with Crippen molar-refractivity contribution in [3.63, 3.8) is 0 Å². The van der Waals surface area contributed by atoms with Crippen molar-refractivity contribution in [1.82, 2.24) is 43.1 Å². The van der Waals surface area contributed by atoms with Crippen molar-refractivity contribution in [1.29, 1.82) is 0 Å². The maximum Gasteiger partial charge on any atom is 0.165 e. The molecule has 0 spiro atoms. The number of hydrogen-bond donors (Lipinski definition) is 0. The summed E-state index contributed by atoms with van der Waals surface area (Å²) in [5, 5.41) is 22.4. The minimum Gasteiger partial charge on any atom is -0.456 e. The van der Waals surface area contributed by atoms with Crippen molar-refractivity contribution in [2.24, 2.45) is 0 Å². The van der Waals surface area contributed by atoms with Crippen LogP contribution in [0.5, 0.6) is 0 Å². The summed E-state index contributed by atoms with van der Waals surface area (Å²) in [4.78, 5) is 30.5. The third kappa shape index (κ3) is 7.14. The summed E-state index contributed by atoms with van der Waals surface area (Å²) in [5.74, 6) is 0. The standard InChI is InChI=1S/C32H17N3O.2C30H15N3O/c1-2-7-18(8-3-1)19-13-14-20-23-16-15-22-21-9-6-10-24-28-32(34-26-12-5-4-11-25(26)33-28)35(29(21)24)30(22)31(23)36-27(20)17-19;1-2-8-17-16(7-1)13-21-28-30(32-23-11-5-4-10-22(23)31-28)33-24-15-26-19(14-20(24)27(17)29(21)33)18-9-3-6-12-25(18)34-26;1-2-8-17-16(7-1)15-19-25-22(13-14-24-26(25)18-9-3-6-12-23(18)34-24)33-29(19)27(17)28-30(33)32-21-11-5-4-10-20(21)31-28/h1-17H;2*1-15H. The molecule has 478 valence electrons. The van der Waals surface area contributed by atoms with E-state index in [9.17, 15) is 0 Å². The molecule has 12 nitrogen and oxygen atoms in total. The molecule has 0 aliphatic heterocycles. The van der Waals surface area contributed by atoms with E-state index in [0.717, 1.165) is 171 Å². The van der Waals surface area contributed by atoms with Gasteiger partial charge in [-0.1, -0.05) is 182 Å². The van der Waals surface area contributed by atoms with E-state index in [4.69, 9.17) is 43.2 Å². The van der Waals surface area contributed by atoms with E-state index in [1.54, 1.807) is 0 Å². The molecule has 0 radical (unpaired) electrons. The molecule has 0 fully saturated rings. The number of fused-ring (bicyclic) bond motifs is 36. The van der Waals surface area contributed by atoms with E-state index in [-0.39, 0.29) is 0 Å². The van der Waals surface area contributed by atoms with Gasteiger partial charge < -0.3 is 13.3 Å². The second kappa shape index (κ2) is 19.8. The van der Waals surface area contributed by atoms with Crippen LogP contribution < -0.4 is 0 Å². The van der Waals surface area contributed by atoms with Crippen molar-refractivity contribution in [2.45, 2.75) is 0 Å². The molecule has 0 unspecified atom stereocenters. The van der Waals surface area contributed by atoms with Crippen LogP contribution in [0.15, 0.2) is 298 Å². The fourth-order valence-corrected chi connectivity index (χ4v) is 17.7. The Hall–Kier alpha value is -14.4. The summed E-state index contributed by atoms with van der Waals surface area (Å²) in [5.41, 5.74) is 25.4. The van der Waals surface area contributed by atoms with Gasteiger partial charge in [0, 0.05) is 86.9 Å². The highest BCUT2D eigenvalue weighted by atomic mass is 16.3. The molecule has 12 aromatic heterocycles. The Labute approximate surface area is 584 Å². The van der Waals surface area contributed by atoms with Gasteiger partial charge in [-0.25, -0.2) is 29.9 Å². The van der Waals surface area contributed by atoms with Crippen molar-refractivity contribution in [2.75, 3.05) is 0 Å². The molecule has 12 heteroatoms. The number of hydrogen-bond acceptors (Lipinski definition) is 9. The molecule has 0 saturated heterocycles. The first kappa shape index (κ1) is 54.5. The molecule has 0 aliphatic carbocycles. The van der Waals surface area contributed by atoms with Gasteiger partial charge in [0.05, 0.1) is 66.2 Å². The summed E-state index contributed by atoms with van der Waals surface area (Å²) in [7, 11) is 0. The number of nitrogens with zero attached hydrogens (tertiary/aromatic N) is 9. The Balaban J connectivity index is 0.0000000909. The molecule has 27 rings (SSSR count). The highest BCUT2D eigenvalue weighted by molar-refractivity contribution is 6.37. The van der Waals surface area contributed by atoms with E-state index < -0.39 is 0 Å². The molecule has 0 amide bonds. The number of furan rings is 3. The first-order valence-electron chi connectivity index (χ1n) is 35.0. The maximum atomic E-state index is 6.66. The lowest BCUT2D eigenvalue weighted by molar-refractivity contribution is 0.669. The zero-order valence-electron chi connectivity index (χ0n) is 54.9. The van der Waals surface area contributed by atoms with Gasteiger partial charge >= 0.3 is 0 Å². The summed E-state index contributed by atoms with van der Waals surface area (Å²) < 4.78 is 26.0. The Bertz CT molecular complexity index is 8450. The van der Waals surface area contributed by atoms with Gasteiger partial charge in [-0.05, 0) is 130 Å². The minimum absolute atomic E-state index is 0.868. The van der Waals surface area contributed by atoms with Gasteiger partial charge in [0.15, 0.2) is 22.5 Å². The van der Waals surface area contributed by atoms with Gasteiger partial charge in [0.25, 0.3) is 0 Å².